The van der Waals surface area contributed by atoms with Crippen LogP contribution in [0.3, 0.4) is 0 Å². The van der Waals surface area contributed by atoms with Crippen molar-refractivity contribution in [1.29, 1.82) is 0 Å². The molecule has 1 saturated heterocycles. The fourth-order valence-corrected chi connectivity index (χ4v) is 3.84. The number of benzene rings is 1. The molecule has 2 heterocycles. The second-order valence-corrected chi connectivity index (χ2v) is 6.86. The van der Waals surface area contributed by atoms with Gasteiger partial charge in [-0.15, -0.1) is 0 Å². The molecule has 0 unspecified atom stereocenters. The van der Waals surface area contributed by atoms with Crippen LogP contribution in [0.5, 0.6) is 0 Å². The fraction of sp³-hybridized carbons (Fsp3) is 0.474. The second-order valence-electron chi connectivity index (χ2n) is 6.86. The van der Waals surface area contributed by atoms with Crippen LogP contribution in [0.4, 0.5) is 0 Å². The van der Waals surface area contributed by atoms with Gasteiger partial charge in [0.25, 0.3) is 0 Å². The van der Waals surface area contributed by atoms with E-state index < -0.39 is 17.5 Å². The highest BCUT2D eigenvalue weighted by molar-refractivity contribution is 5.76. The first kappa shape index (κ1) is 17.6. The quantitative estimate of drug-likeness (QED) is 0.750. The Morgan fingerprint density at radius 1 is 1.40 bits per heavy atom. The summed E-state index contributed by atoms with van der Waals surface area (Å²) in [5.74, 6) is -0.901. The van der Waals surface area contributed by atoms with Crippen LogP contribution in [0.25, 0.3) is 11.3 Å². The Bertz CT molecular complexity index is 716. The van der Waals surface area contributed by atoms with E-state index in [1.54, 1.807) is 6.20 Å². The van der Waals surface area contributed by atoms with Gasteiger partial charge in [-0.25, -0.2) is 0 Å². The summed E-state index contributed by atoms with van der Waals surface area (Å²) in [5, 5.41) is 27.3. The van der Waals surface area contributed by atoms with Gasteiger partial charge in [-0.05, 0) is 18.4 Å². The Morgan fingerprint density at radius 2 is 2.16 bits per heavy atom. The van der Waals surface area contributed by atoms with Crippen LogP contribution < -0.4 is 0 Å². The van der Waals surface area contributed by atoms with Crippen molar-refractivity contribution in [3.63, 3.8) is 0 Å². The maximum absolute atomic E-state index is 11.9. The van der Waals surface area contributed by atoms with E-state index in [1.807, 2.05) is 37.3 Å². The number of aliphatic hydroxyl groups is 1. The number of aromatic amines is 1. The highest BCUT2D eigenvalue weighted by atomic mass is 16.4. The van der Waals surface area contributed by atoms with Crippen molar-refractivity contribution in [2.45, 2.75) is 38.8 Å². The largest absolute Gasteiger partial charge is 0.481 e. The number of nitrogens with zero attached hydrogens (tertiary/aromatic N) is 2. The van der Waals surface area contributed by atoms with Gasteiger partial charge in [0, 0.05) is 25.2 Å². The van der Waals surface area contributed by atoms with E-state index in [9.17, 15) is 15.0 Å². The number of piperidine rings is 1. The lowest BCUT2D eigenvalue weighted by Crippen LogP contribution is -2.55. The zero-order chi connectivity index (χ0) is 17.9. The molecule has 1 aromatic heterocycles. The number of aliphatic carboxylic acids is 1. The van der Waals surface area contributed by atoms with E-state index in [0.717, 1.165) is 23.2 Å². The lowest BCUT2D eigenvalue weighted by Gasteiger charge is -2.43. The number of likely N-dealkylation sites (tertiary alicyclic amines) is 1. The molecule has 6 nitrogen and oxygen atoms in total. The fourth-order valence-electron chi connectivity index (χ4n) is 3.84. The average molecular weight is 343 g/mol. The van der Waals surface area contributed by atoms with Gasteiger partial charge >= 0.3 is 5.97 Å². The zero-order valence-electron chi connectivity index (χ0n) is 14.5. The number of hydrogen-bond acceptors (Lipinski definition) is 4. The highest BCUT2D eigenvalue weighted by Gasteiger charge is 2.48. The Kier molecular flexibility index (Phi) is 5.20. The van der Waals surface area contributed by atoms with Crippen LogP contribution in [0.15, 0.2) is 36.5 Å². The third-order valence-electron chi connectivity index (χ3n) is 5.16. The summed E-state index contributed by atoms with van der Waals surface area (Å²) < 4.78 is 0. The van der Waals surface area contributed by atoms with Crippen LogP contribution in [0, 0.1) is 5.41 Å². The monoisotopic (exact) mass is 343 g/mol. The summed E-state index contributed by atoms with van der Waals surface area (Å²) >= 11 is 0. The first-order chi connectivity index (χ1) is 12.1. The predicted octanol–water partition coefficient (Wildman–Crippen LogP) is 2.51. The zero-order valence-corrected chi connectivity index (χ0v) is 14.5. The van der Waals surface area contributed by atoms with Gasteiger partial charge in [0.05, 0.1) is 18.0 Å². The first-order valence-corrected chi connectivity index (χ1v) is 8.78. The molecule has 1 aromatic carbocycles. The van der Waals surface area contributed by atoms with Crippen molar-refractivity contribution in [2.24, 2.45) is 5.41 Å². The molecular weight excluding hydrogens is 318 g/mol. The Labute approximate surface area is 147 Å². The van der Waals surface area contributed by atoms with E-state index >= 15 is 0 Å². The molecule has 0 spiro atoms. The number of nitrogens with one attached hydrogen (secondary N) is 1. The molecule has 2 aromatic rings. The van der Waals surface area contributed by atoms with Crippen molar-refractivity contribution in [3.8, 4) is 11.3 Å². The third-order valence-corrected chi connectivity index (χ3v) is 5.16. The van der Waals surface area contributed by atoms with E-state index in [-0.39, 0.29) is 0 Å². The second kappa shape index (κ2) is 7.37. The summed E-state index contributed by atoms with van der Waals surface area (Å²) in [6.07, 6.45) is 2.70. The van der Waals surface area contributed by atoms with Crippen LogP contribution in [-0.4, -0.2) is 50.5 Å². The Hall–Kier alpha value is -2.18. The van der Waals surface area contributed by atoms with Crippen LogP contribution >= 0.6 is 0 Å². The first-order valence-electron chi connectivity index (χ1n) is 8.78. The van der Waals surface area contributed by atoms with Crippen molar-refractivity contribution >= 4 is 5.97 Å². The molecule has 0 aliphatic carbocycles. The molecule has 25 heavy (non-hydrogen) atoms. The average Bonchev–Trinajstić information content (AvgIpc) is 3.07. The number of rotatable bonds is 6. The number of carboxylic acids is 1. The van der Waals surface area contributed by atoms with E-state index in [2.05, 4.69) is 15.1 Å². The van der Waals surface area contributed by atoms with Crippen LogP contribution in [0.2, 0.25) is 0 Å². The summed E-state index contributed by atoms with van der Waals surface area (Å²) in [4.78, 5) is 14.0. The molecule has 3 N–H and O–H groups in total. The number of aliphatic hydroxyl groups excluding tert-OH is 1. The molecule has 3 rings (SSSR count). The predicted molar refractivity (Wildman–Crippen MR) is 94.9 cm³/mol. The summed E-state index contributed by atoms with van der Waals surface area (Å²) in [7, 11) is 0. The molecular formula is C19H25N3O3. The molecule has 1 aliphatic heterocycles. The molecule has 134 valence electrons. The molecule has 0 radical (unpaired) electrons. The SMILES string of the molecule is CCC[C@@]1(C(=O)O)CN(Cc2cn[nH]c2-c2ccccc2)CC[C@@H]1O. The number of carboxylic acid groups (broad SMARTS) is 1. The van der Waals surface area contributed by atoms with Gasteiger partial charge < -0.3 is 10.2 Å². The maximum Gasteiger partial charge on any atom is 0.313 e. The van der Waals surface area contributed by atoms with Gasteiger partial charge in [0.1, 0.15) is 5.41 Å². The minimum atomic E-state index is -1.08. The van der Waals surface area contributed by atoms with E-state index in [4.69, 9.17) is 0 Å². The molecule has 0 saturated carbocycles. The third kappa shape index (κ3) is 3.45. The summed E-state index contributed by atoms with van der Waals surface area (Å²) in [5.41, 5.74) is 1.98. The molecule has 0 bridgehead atoms. The minimum Gasteiger partial charge on any atom is -0.481 e. The Balaban J connectivity index is 1.80. The lowest BCUT2D eigenvalue weighted by atomic mass is 9.74. The van der Waals surface area contributed by atoms with Crippen molar-refractivity contribution in [2.75, 3.05) is 13.1 Å². The van der Waals surface area contributed by atoms with Gasteiger partial charge in [0.2, 0.25) is 0 Å². The maximum atomic E-state index is 11.9. The summed E-state index contributed by atoms with van der Waals surface area (Å²) in [6.45, 7) is 3.61. The smallest absolute Gasteiger partial charge is 0.313 e. The standard InChI is InChI=1S/C19H25N3O3/c1-2-9-19(18(24)25)13-22(10-8-16(19)23)12-15-11-20-21-17(15)14-6-4-3-5-7-14/h3-7,11,16,23H,2,8-10,12-13H2,1H3,(H,20,21)(H,24,25)/t16-,19+/m0/s1. The van der Waals surface area contributed by atoms with Crippen LogP contribution in [0.1, 0.15) is 31.7 Å². The van der Waals surface area contributed by atoms with Crippen LogP contribution in [-0.2, 0) is 11.3 Å². The van der Waals surface area contributed by atoms with Crippen molar-refractivity contribution in [1.82, 2.24) is 15.1 Å². The van der Waals surface area contributed by atoms with E-state index in [0.29, 0.717) is 32.5 Å². The van der Waals surface area contributed by atoms with Crippen molar-refractivity contribution < 1.29 is 15.0 Å². The van der Waals surface area contributed by atoms with Gasteiger partial charge in [-0.2, -0.15) is 5.10 Å². The van der Waals surface area contributed by atoms with E-state index in [1.165, 1.54) is 0 Å². The molecule has 1 fully saturated rings. The van der Waals surface area contributed by atoms with Crippen molar-refractivity contribution in [3.05, 3.63) is 42.1 Å². The number of carbonyl (C=O) groups is 1. The van der Waals surface area contributed by atoms with Gasteiger partial charge in [0.15, 0.2) is 0 Å². The minimum absolute atomic E-state index is 0.358. The lowest BCUT2D eigenvalue weighted by molar-refractivity contribution is -0.164. The number of H-pyrrole nitrogens is 1. The molecule has 1 aliphatic rings. The van der Waals surface area contributed by atoms with Gasteiger partial charge in [-0.1, -0.05) is 43.7 Å². The molecule has 2 atom stereocenters. The normalized spacial score (nSPS) is 24.3. The highest BCUT2D eigenvalue weighted by Crippen LogP contribution is 2.36. The topological polar surface area (TPSA) is 89.5 Å². The summed E-state index contributed by atoms with van der Waals surface area (Å²) in [6, 6.07) is 9.98. The Morgan fingerprint density at radius 3 is 2.84 bits per heavy atom. The number of aromatic nitrogens is 2. The number of hydrogen-bond donors (Lipinski definition) is 3. The van der Waals surface area contributed by atoms with Gasteiger partial charge in [-0.3, -0.25) is 14.8 Å². The molecule has 0 amide bonds. The molecule has 6 heteroatoms.